The number of benzene rings is 2. The molecule has 2 aliphatic rings. The highest BCUT2D eigenvalue weighted by atomic mass is 32.2. The highest BCUT2D eigenvalue weighted by Crippen LogP contribution is 2.35. The number of esters is 1. The van der Waals surface area contributed by atoms with Gasteiger partial charge in [-0.05, 0) is 44.0 Å². The van der Waals surface area contributed by atoms with Crippen LogP contribution in [0.15, 0.2) is 64.6 Å². The number of cyclic esters (lactones) is 1. The highest BCUT2D eigenvalue weighted by molar-refractivity contribution is 8.00. The first-order valence-corrected chi connectivity index (χ1v) is 13.2. The van der Waals surface area contributed by atoms with Gasteiger partial charge in [0.05, 0.1) is 4.90 Å². The molecule has 0 aliphatic carbocycles. The average Bonchev–Trinajstić information content (AvgIpc) is 3.56. The maximum atomic E-state index is 13.1. The smallest absolute Gasteiger partial charge is 0.319 e. The number of hydrogen-bond acceptors (Lipinski definition) is 7. The molecule has 172 valence electrons. The Balaban J connectivity index is 1.56. The van der Waals surface area contributed by atoms with Gasteiger partial charge < -0.3 is 4.74 Å². The summed E-state index contributed by atoms with van der Waals surface area (Å²) in [5.74, 6) is 0.261. The van der Waals surface area contributed by atoms with Gasteiger partial charge in [0.15, 0.2) is 11.0 Å². The molecular weight excluding hydrogens is 460 g/mol. The number of sulfonamides is 1. The van der Waals surface area contributed by atoms with E-state index in [1.165, 1.54) is 16.1 Å². The topological polar surface area (TPSA) is 94.4 Å². The fourth-order valence-corrected chi connectivity index (χ4v) is 6.88. The standard InChI is InChI=1S/C23H24N4O4S2/c1-16-14-20(22(28)31-16)32-23-25-24-21(27(23)18-9-3-2-4-10-18)17-8-7-11-19(15-17)33(29,30)26-12-5-6-13-26/h2-4,7-11,15-16,20H,5-6,12-14H2,1H3/t16-,20-/m0/s1. The maximum absolute atomic E-state index is 13.1. The lowest BCUT2D eigenvalue weighted by Crippen LogP contribution is -2.27. The van der Waals surface area contributed by atoms with E-state index in [9.17, 15) is 13.2 Å². The number of aromatic nitrogens is 3. The van der Waals surface area contributed by atoms with Gasteiger partial charge in [-0.3, -0.25) is 9.36 Å². The van der Waals surface area contributed by atoms with Crippen molar-refractivity contribution in [2.24, 2.45) is 0 Å². The Morgan fingerprint density at radius 1 is 1.03 bits per heavy atom. The first-order chi connectivity index (χ1) is 15.9. The van der Waals surface area contributed by atoms with Crippen LogP contribution in [0.4, 0.5) is 0 Å². The Labute approximate surface area is 197 Å². The summed E-state index contributed by atoms with van der Waals surface area (Å²) in [7, 11) is -3.56. The van der Waals surface area contributed by atoms with E-state index in [0.29, 0.717) is 36.1 Å². The van der Waals surface area contributed by atoms with Gasteiger partial charge in [0.25, 0.3) is 0 Å². The molecule has 3 aromatic rings. The summed E-state index contributed by atoms with van der Waals surface area (Å²) in [6.45, 7) is 2.96. The molecule has 2 fully saturated rings. The minimum Gasteiger partial charge on any atom is -0.462 e. The third kappa shape index (κ3) is 4.30. The summed E-state index contributed by atoms with van der Waals surface area (Å²) < 4.78 is 34.9. The number of rotatable bonds is 6. The van der Waals surface area contributed by atoms with Crippen LogP contribution in [0.5, 0.6) is 0 Å². The quantitative estimate of drug-likeness (QED) is 0.494. The zero-order chi connectivity index (χ0) is 23.0. The van der Waals surface area contributed by atoms with Gasteiger partial charge in [-0.2, -0.15) is 4.31 Å². The van der Waals surface area contributed by atoms with Crippen LogP contribution in [0.25, 0.3) is 17.1 Å². The number of carbonyl (C=O) groups excluding carboxylic acids is 1. The fourth-order valence-electron chi connectivity index (χ4n) is 4.16. The summed E-state index contributed by atoms with van der Waals surface area (Å²) >= 11 is 1.32. The number of para-hydroxylation sites is 1. The third-order valence-electron chi connectivity index (χ3n) is 5.82. The molecule has 0 bridgehead atoms. The Kier molecular flexibility index (Phi) is 5.98. The minimum atomic E-state index is -3.56. The van der Waals surface area contributed by atoms with Gasteiger partial charge in [0, 0.05) is 30.8 Å². The Hall–Kier alpha value is -2.69. The van der Waals surface area contributed by atoms with Gasteiger partial charge in [0.1, 0.15) is 11.4 Å². The summed E-state index contributed by atoms with van der Waals surface area (Å²) in [5.41, 5.74) is 1.47. The van der Waals surface area contributed by atoms with Crippen molar-refractivity contribution in [3.8, 4) is 17.1 Å². The Morgan fingerprint density at radius 2 is 1.79 bits per heavy atom. The zero-order valence-electron chi connectivity index (χ0n) is 18.1. The summed E-state index contributed by atoms with van der Waals surface area (Å²) in [4.78, 5) is 12.5. The molecule has 0 unspecified atom stereocenters. The van der Waals surface area contributed by atoms with Crippen molar-refractivity contribution in [1.29, 1.82) is 0 Å². The zero-order valence-corrected chi connectivity index (χ0v) is 19.8. The number of nitrogens with zero attached hydrogens (tertiary/aromatic N) is 4. The number of ether oxygens (including phenoxy) is 1. The second-order valence-corrected chi connectivity index (χ2v) is 11.3. The van der Waals surface area contributed by atoms with E-state index in [0.717, 1.165) is 18.5 Å². The molecule has 5 rings (SSSR count). The van der Waals surface area contributed by atoms with E-state index in [4.69, 9.17) is 4.74 Å². The van der Waals surface area contributed by atoms with Crippen LogP contribution in [0, 0.1) is 0 Å². The lowest BCUT2D eigenvalue weighted by Gasteiger charge is -2.16. The van der Waals surface area contributed by atoms with E-state index >= 15 is 0 Å². The molecule has 0 N–H and O–H groups in total. The lowest BCUT2D eigenvalue weighted by atomic mass is 10.2. The SMILES string of the molecule is C[C@H]1C[C@H](Sc2nnc(-c3cccc(S(=O)(=O)N4CCCC4)c3)n2-c2ccccc2)C(=O)O1. The van der Waals surface area contributed by atoms with Crippen molar-refractivity contribution in [3.05, 3.63) is 54.6 Å². The minimum absolute atomic E-state index is 0.130. The van der Waals surface area contributed by atoms with Crippen molar-refractivity contribution in [3.63, 3.8) is 0 Å². The Morgan fingerprint density at radius 3 is 2.48 bits per heavy atom. The predicted molar refractivity (Wildman–Crippen MR) is 125 cm³/mol. The van der Waals surface area contributed by atoms with E-state index in [-0.39, 0.29) is 22.2 Å². The number of hydrogen-bond donors (Lipinski definition) is 0. The molecule has 2 aliphatic heterocycles. The molecule has 0 saturated carbocycles. The van der Waals surface area contributed by atoms with Crippen LogP contribution in [-0.2, 0) is 19.6 Å². The fraction of sp³-hybridized carbons (Fsp3) is 0.348. The van der Waals surface area contributed by atoms with Gasteiger partial charge >= 0.3 is 5.97 Å². The molecule has 8 nitrogen and oxygen atoms in total. The molecule has 0 spiro atoms. The molecule has 2 atom stereocenters. The molecule has 1 aromatic heterocycles. The van der Waals surface area contributed by atoms with E-state index in [2.05, 4.69) is 10.2 Å². The first kappa shape index (κ1) is 22.1. The van der Waals surface area contributed by atoms with Crippen LogP contribution < -0.4 is 0 Å². The third-order valence-corrected chi connectivity index (χ3v) is 8.86. The van der Waals surface area contributed by atoms with E-state index in [1.807, 2.05) is 47.9 Å². The molecule has 2 aromatic carbocycles. The van der Waals surface area contributed by atoms with Crippen molar-refractivity contribution in [2.75, 3.05) is 13.1 Å². The second kappa shape index (κ2) is 8.92. The molecule has 0 radical (unpaired) electrons. The van der Waals surface area contributed by atoms with Crippen molar-refractivity contribution in [2.45, 2.75) is 47.6 Å². The first-order valence-electron chi connectivity index (χ1n) is 10.9. The number of carbonyl (C=O) groups is 1. The van der Waals surface area contributed by atoms with Crippen LogP contribution in [0.3, 0.4) is 0 Å². The van der Waals surface area contributed by atoms with Gasteiger partial charge in [-0.15, -0.1) is 10.2 Å². The molecule has 0 amide bonds. The van der Waals surface area contributed by atoms with Gasteiger partial charge in [0.2, 0.25) is 10.0 Å². The maximum Gasteiger partial charge on any atom is 0.319 e. The molecular formula is C23H24N4O4S2. The molecule has 33 heavy (non-hydrogen) atoms. The lowest BCUT2D eigenvalue weighted by molar-refractivity contribution is -0.140. The van der Waals surface area contributed by atoms with Crippen molar-refractivity contribution >= 4 is 27.8 Å². The van der Waals surface area contributed by atoms with Gasteiger partial charge in [-0.1, -0.05) is 42.1 Å². The van der Waals surface area contributed by atoms with Gasteiger partial charge in [-0.25, -0.2) is 8.42 Å². The average molecular weight is 485 g/mol. The van der Waals surface area contributed by atoms with E-state index < -0.39 is 10.0 Å². The molecule has 3 heterocycles. The van der Waals surface area contributed by atoms with Crippen LogP contribution >= 0.6 is 11.8 Å². The summed E-state index contributed by atoms with van der Waals surface area (Å²) in [5, 5.41) is 8.97. The second-order valence-electron chi connectivity index (χ2n) is 8.21. The van der Waals surface area contributed by atoms with Crippen LogP contribution in [-0.4, -0.2) is 57.9 Å². The molecule has 10 heteroatoms. The van der Waals surface area contributed by atoms with Crippen molar-refractivity contribution in [1.82, 2.24) is 19.1 Å². The monoisotopic (exact) mass is 484 g/mol. The summed E-state index contributed by atoms with van der Waals surface area (Å²) in [6, 6.07) is 16.4. The number of thioether (sulfide) groups is 1. The summed E-state index contributed by atoms with van der Waals surface area (Å²) in [6.07, 6.45) is 2.23. The Bertz CT molecular complexity index is 1270. The van der Waals surface area contributed by atoms with Crippen LogP contribution in [0.1, 0.15) is 26.2 Å². The predicted octanol–water partition coefficient (Wildman–Crippen LogP) is 3.51. The van der Waals surface area contributed by atoms with E-state index in [1.54, 1.807) is 18.2 Å². The normalized spacial score (nSPS) is 21.4. The largest absolute Gasteiger partial charge is 0.462 e. The molecule has 2 saturated heterocycles. The highest BCUT2D eigenvalue weighted by Gasteiger charge is 2.35. The van der Waals surface area contributed by atoms with Crippen molar-refractivity contribution < 1.29 is 17.9 Å². The van der Waals surface area contributed by atoms with Crippen LogP contribution in [0.2, 0.25) is 0 Å².